The van der Waals surface area contributed by atoms with Gasteiger partial charge in [-0.3, -0.25) is 4.79 Å². The highest BCUT2D eigenvalue weighted by atomic mass is 32.2. The van der Waals surface area contributed by atoms with Crippen molar-refractivity contribution in [1.29, 1.82) is 0 Å². The Bertz CT molecular complexity index is 700. The van der Waals surface area contributed by atoms with Gasteiger partial charge in [-0.25, -0.2) is 0 Å². The molecule has 3 rings (SSSR count). The topological polar surface area (TPSA) is 47.6 Å². The van der Waals surface area contributed by atoms with Crippen molar-refractivity contribution in [1.82, 2.24) is 0 Å². The summed E-state index contributed by atoms with van der Waals surface area (Å²) in [5, 5.41) is 2.74. The van der Waals surface area contributed by atoms with Crippen LogP contribution in [0.5, 0.6) is 11.5 Å². The van der Waals surface area contributed by atoms with Crippen molar-refractivity contribution in [2.75, 3.05) is 18.5 Å². The monoisotopic (exact) mass is 329 g/mol. The molecule has 1 atom stereocenters. The fourth-order valence-corrected chi connectivity index (χ4v) is 3.11. The van der Waals surface area contributed by atoms with Gasteiger partial charge in [-0.05, 0) is 38.1 Å². The minimum absolute atomic E-state index is 0.0350. The summed E-state index contributed by atoms with van der Waals surface area (Å²) in [6.45, 7) is 5.04. The first-order chi connectivity index (χ1) is 11.1. The third kappa shape index (κ3) is 3.99. The van der Waals surface area contributed by atoms with Gasteiger partial charge in [0.15, 0.2) is 11.5 Å². The molecule has 1 amide bonds. The van der Waals surface area contributed by atoms with Gasteiger partial charge in [0.2, 0.25) is 5.91 Å². The van der Waals surface area contributed by atoms with Crippen LogP contribution in [0.3, 0.4) is 0 Å². The Morgan fingerprint density at radius 3 is 2.52 bits per heavy atom. The number of nitrogens with one attached hydrogen (secondary N) is 1. The lowest BCUT2D eigenvalue weighted by atomic mass is 10.2. The number of carbonyl (C=O) groups excluding carboxylic acids is 1. The van der Waals surface area contributed by atoms with Crippen molar-refractivity contribution in [3.8, 4) is 11.5 Å². The number of aryl methyl sites for hydroxylation is 1. The van der Waals surface area contributed by atoms with Crippen LogP contribution >= 0.6 is 11.8 Å². The highest BCUT2D eigenvalue weighted by molar-refractivity contribution is 8.00. The third-order valence-electron chi connectivity index (χ3n) is 3.51. The van der Waals surface area contributed by atoms with E-state index in [2.05, 4.69) is 5.32 Å². The second kappa shape index (κ2) is 6.96. The first-order valence-corrected chi connectivity index (χ1v) is 8.43. The van der Waals surface area contributed by atoms with Crippen molar-refractivity contribution in [2.24, 2.45) is 0 Å². The van der Waals surface area contributed by atoms with E-state index in [9.17, 15) is 4.79 Å². The SMILES string of the molecule is Cc1ccc(S[C@H](C)C(=O)Nc2ccc3c(c2)OCCO3)cc1. The molecule has 0 saturated heterocycles. The van der Waals surface area contributed by atoms with Crippen LogP contribution in [0.1, 0.15) is 12.5 Å². The molecule has 23 heavy (non-hydrogen) atoms. The lowest BCUT2D eigenvalue weighted by Crippen LogP contribution is -2.22. The van der Waals surface area contributed by atoms with Gasteiger partial charge < -0.3 is 14.8 Å². The molecule has 0 unspecified atom stereocenters. The molecule has 0 bridgehead atoms. The molecule has 1 heterocycles. The Hall–Kier alpha value is -2.14. The van der Waals surface area contributed by atoms with Gasteiger partial charge in [0, 0.05) is 16.6 Å². The van der Waals surface area contributed by atoms with Gasteiger partial charge >= 0.3 is 0 Å². The van der Waals surface area contributed by atoms with Crippen LogP contribution in [-0.2, 0) is 4.79 Å². The Balaban J connectivity index is 1.63. The predicted molar refractivity (Wildman–Crippen MR) is 92.6 cm³/mol. The molecule has 1 aliphatic rings. The zero-order valence-corrected chi connectivity index (χ0v) is 14.0. The van der Waals surface area contributed by atoms with Crippen molar-refractivity contribution in [2.45, 2.75) is 24.0 Å². The Morgan fingerprint density at radius 1 is 1.09 bits per heavy atom. The number of hydrogen-bond acceptors (Lipinski definition) is 4. The largest absolute Gasteiger partial charge is 0.486 e. The molecule has 120 valence electrons. The van der Waals surface area contributed by atoms with E-state index in [1.54, 1.807) is 17.8 Å². The fourth-order valence-electron chi connectivity index (χ4n) is 2.24. The lowest BCUT2D eigenvalue weighted by molar-refractivity contribution is -0.115. The van der Waals surface area contributed by atoms with Crippen LogP contribution in [-0.4, -0.2) is 24.4 Å². The maximum atomic E-state index is 12.3. The van der Waals surface area contributed by atoms with Crippen LogP contribution in [0.25, 0.3) is 0 Å². The Kier molecular flexibility index (Phi) is 4.76. The third-order valence-corrected chi connectivity index (χ3v) is 4.62. The highest BCUT2D eigenvalue weighted by Crippen LogP contribution is 2.33. The van der Waals surface area contributed by atoms with Gasteiger partial charge in [0.25, 0.3) is 0 Å². The number of ether oxygens (including phenoxy) is 2. The summed E-state index contributed by atoms with van der Waals surface area (Å²) < 4.78 is 11.0. The first kappa shape index (κ1) is 15.7. The average Bonchev–Trinajstić information content (AvgIpc) is 2.56. The van der Waals surface area contributed by atoms with E-state index in [-0.39, 0.29) is 11.2 Å². The summed E-state index contributed by atoms with van der Waals surface area (Å²) in [6.07, 6.45) is 0. The summed E-state index contributed by atoms with van der Waals surface area (Å²) in [4.78, 5) is 13.4. The van der Waals surface area contributed by atoms with Gasteiger partial charge in [-0.1, -0.05) is 17.7 Å². The maximum absolute atomic E-state index is 12.3. The zero-order chi connectivity index (χ0) is 16.2. The van der Waals surface area contributed by atoms with Crippen molar-refractivity contribution in [3.05, 3.63) is 48.0 Å². The van der Waals surface area contributed by atoms with Gasteiger partial charge in [-0.15, -0.1) is 11.8 Å². The van der Waals surface area contributed by atoms with E-state index < -0.39 is 0 Å². The second-order valence-corrected chi connectivity index (χ2v) is 6.84. The van der Waals surface area contributed by atoms with E-state index in [0.717, 1.165) is 16.3 Å². The van der Waals surface area contributed by atoms with Crippen molar-refractivity contribution < 1.29 is 14.3 Å². The molecule has 0 aromatic heterocycles. The molecule has 5 heteroatoms. The van der Waals surface area contributed by atoms with Gasteiger partial charge in [0.05, 0.1) is 5.25 Å². The van der Waals surface area contributed by atoms with Gasteiger partial charge in [0.1, 0.15) is 13.2 Å². The molecule has 0 radical (unpaired) electrons. The van der Waals surface area contributed by atoms with Crippen LogP contribution in [0.2, 0.25) is 0 Å². The molecule has 4 nitrogen and oxygen atoms in total. The van der Waals surface area contributed by atoms with Gasteiger partial charge in [-0.2, -0.15) is 0 Å². The number of fused-ring (bicyclic) bond motifs is 1. The van der Waals surface area contributed by atoms with Crippen LogP contribution < -0.4 is 14.8 Å². The molecule has 2 aromatic rings. The summed E-state index contributed by atoms with van der Waals surface area (Å²) in [5.74, 6) is 1.36. The van der Waals surface area contributed by atoms with E-state index >= 15 is 0 Å². The Morgan fingerprint density at radius 2 is 1.78 bits per heavy atom. The number of hydrogen-bond donors (Lipinski definition) is 1. The predicted octanol–water partition coefficient (Wildman–Crippen LogP) is 3.89. The number of thioether (sulfide) groups is 1. The summed E-state index contributed by atoms with van der Waals surface area (Å²) in [5.41, 5.74) is 1.93. The van der Waals surface area contributed by atoms with E-state index in [4.69, 9.17) is 9.47 Å². The molecule has 2 aromatic carbocycles. The van der Waals surface area contributed by atoms with Crippen LogP contribution in [0, 0.1) is 6.92 Å². The number of amides is 1. The minimum Gasteiger partial charge on any atom is -0.486 e. The van der Waals surface area contributed by atoms with E-state index in [1.807, 2.05) is 50.2 Å². The normalized spacial score (nSPS) is 14.2. The van der Waals surface area contributed by atoms with Crippen LogP contribution in [0.15, 0.2) is 47.4 Å². The molecule has 1 aliphatic heterocycles. The highest BCUT2D eigenvalue weighted by Gasteiger charge is 2.17. The fraction of sp³-hybridized carbons (Fsp3) is 0.278. The molecule has 0 spiro atoms. The number of benzene rings is 2. The summed E-state index contributed by atoms with van der Waals surface area (Å²) in [6, 6.07) is 13.6. The number of carbonyl (C=O) groups is 1. The molecule has 1 N–H and O–H groups in total. The molecule has 0 fully saturated rings. The van der Waals surface area contributed by atoms with Crippen molar-refractivity contribution >= 4 is 23.4 Å². The average molecular weight is 329 g/mol. The number of rotatable bonds is 4. The minimum atomic E-state index is -0.189. The quantitative estimate of drug-likeness (QED) is 0.865. The smallest absolute Gasteiger partial charge is 0.237 e. The molecular formula is C18H19NO3S. The van der Waals surface area contributed by atoms with Crippen LogP contribution in [0.4, 0.5) is 5.69 Å². The second-order valence-electron chi connectivity index (χ2n) is 5.42. The standard InChI is InChI=1S/C18H19NO3S/c1-12-3-6-15(7-4-12)23-13(2)18(20)19-14-5-8-16-17(11-14)22-10-9-21-16/h3-8,11,13H,9-10H2,1-2H3,(H,19,20)/t13-/m1/s1. The maximum Gasteiger partial charge on any atom is 0.237 e. The first-order valence-electron chi connectivity index (χ1n) is 7.55. The van der Waals surface area contributed by atoms with Crippen molar-refractivity contribution in [3.63, 3.8) is 0 Å². The van der Waals surface area contributed by atoms with E-state index in [0.29, 0.717) is 19.0 Å². The number of anilines is 1. The lowest BCUT2D eigenvalue weighted by Gasteiger charge is -2.19. The zero-order valence-electron chi connectivity index (χ0n) is 13.2. The molecular weight excluding hydrogens is 310 g/mol. The molecule has 0 saturated carbocycles. The Labute approximate surface area is 140 Å². The van der Waals surface area contributed by atoms with E-state index in [1.165, 1.54) is 5.56 Å². The summed E-state index contributed by atoms with van der Waals surface area (Å²) in [7, 11) is 0. The molecule has 0 aliphatic carbocycles. The summed E-state index contributed by atoms with van der Waals surface area (Å²) >= 11 is 1.54.